The zero-order valence-corrected chi connectivity index (χ0v) is 19.8. The minimum Gasteiger partial charge on any atom is -0.454 e. The Kier molecular flexibility index (Phi) is 6.14. The van der Waals surface area contributed by atoms with E-state index >= 15 is 0 Å². The number of carbonyl (C=O) groups excluding carboxylic acids is 1. The predicted molar refractivity (Wildman–Crippen MR) is 131 cm³/mol. The van der Waals surface area contributed by atoms with E-state index in [1.807, 2.05) is 35.6 Å². The molecule has 1 amide bonds. The van der Waals surface area contributed by atoms with Crippen LogP contribution < -0.4 is 20.3 Å². The van der Waals surface area contributed by atoms with E-state index in [2.05, 4.69) is 22.4 Å². The number of hydrogen-bond donors (Lipinski definition) is 1. The first-order chi connectivity index (χ1) is 16.6. The maximum Gasteiger partial charge on any atom is 0.262 e. The molecule has 5 rings (SSSR count). The molecule has 10 heteroatoms. The van der Waals surface area contributed by atoms with Crippen LogP contribution in [-0.2, 0) is 11.3 Å². The lowest BCUT2D eigenvalue weighted by molar-refractivity contribution is -0.115. The molecule has 1 unspecified atom stereocenters. The van der Waals surface area contributed by atoms with Crippen LogP contribution in [0.5, 0.6) is 11.5 Å². The second kappa shape index (κ2) is 9.38. The summed E-state index contributed by atoms with van der Waals surface area (Å²) in [7, 11) is 0. The molecule has 1 atom stereocenters. The van der Waals surface area contributed by atoms with Gasteiger partial charge in [-0.1, -0.05) is 43.7 Å². The lowest BCUT2D eigenvalue weighted by Gasteiger charge is -2.13. The van der Waals surface area contributed by atoms with Gasteiger partial charge in [0.2, 0.25) is 18.5 Å². The van der Waals surface area contributed by atoms with Crippen LogP contribution in [0.3, 0.4) is 0 Å². The SMILES string of the molecule is CCCCCn1c(=O)c2ccccc2n2c(SC(C)C(=O)Nc3ccc4c(c3)OCO4)nnc12. The third-order valence-electron chi connectivity index (χ3n) is 5.76. The molecule has 1 N–H and O–H groups in total. The van der Waals surface area contributed by atoms with Gasteiger partial charge in [0.25, 0.3) is 5.56 Å². The summed E-state index contributed by atoms with van der Waals surface area (Å²) in [5, 5.41) is 12.3. The predicted octanol–water partition coefficient (Wildman–Crippen LogP) is 4.08. The minimum atomic E-state index is -0.461. The zero-order chi connectivity index (χ0) is 23.7. The third kappa shape index (κ3) is 4.09. The molecule has 9 nitrogen and oxygen atoms in total. The van der Waals surface area contributed by atoms with E-state index in [-0.39, 0.29) is 18.3 Å². The van der Waals surface area contributed by atoms with Gasteiger partial charge in [-0.3, -0.25) is 18.6 Å². The monoisotopic (exact) mass is 479 g/mol. The number of hydrogen-bond acceptors (Lipinski definition) is 7. The van der Waals surface area contributed by atoms with E-state index in [0.29, 0.717) is 40.1 Å². The summed E-state index contributed by atoms with van der Waals surface area (Å²) in [4.78, 5) is 26.1. The summed E-state index contributed by atoms with van der Waals surface area (Å²) in [6.07, 6.45) is 2.97. The number of nitrogens with one attached hydrogen (secondary N) is 1. The lowest BCUT2D eigenvalue weighted by Crippen LogP contribution is -2.24. The Morgan fingerprint density at radius 3 is 2.82 bits per heavy atom. The summed E-state index contributed by atoms with van der Waals surface area (Å²) in [6.45, 7) is 4.69. The number of amides is 1. The molecule has 0 saturated carbocycles. The molecule has 0 aliphatic carbocycles. The Labute approximate surface area is 200 Å². The van der Waals surface area contributed by atoms with E-state index in [1.54, 1.807) is 22.8 Å². The zero-order valence-electron chi connectivity index (χ0n) is 19.0. The van der Waals surface area contributed by atoms with Crippen LogP contribution in [0.4, 0.5) is 5.69 Å². The van der Waals surface area contributed by atoms with Crippen molar-refractivity contribution in [2.45, 2.75) is 50.1 Å². The Morgan fingerprint density at radius 1 is 1.15 bits per heavy atom. The van der Waals surface area contributed by atoms with Crippen LogP contribution in [-0.4, -0.2) is 37.1 Å². The average Bonchev–Trinajstić information content (AvgIpc) is 3.48. The van der Waals surface area contributed by atoms with Crippen molar-refractivity contribution in [3.05, 3.63) is 52.8 Å². The molecular weight excluding hydrogens is 454 g/mol. The van der Waals surface area contributed by atoms with Crippen LogP contribution in [0.1, 0.15) is 33.1 Å². The summed E-state index contributed by atoms with van der Waals surface area (Å²) >= 11 is 1.30. The van der Waals surface area contributed by atoms with Gasteiger partial charge in [-0.05, 0) is 37.6 Å². The highest BCUT2D eigenvalue weighted by Gasteiger charge is 2.22. The van der Waals surface area contributed by atoms with E-state index in [0.717, 1.165) is 24.8 Å². The van der Waals surface area contributed by atoms with E-state index < -0.39 is 5.25 Å². The van der Waals surface area contributed by atoms with Gasteiger partial charge in [0.15, 0.2) is 16.7 Å². The largest absolute Gasteiger partial charge is 0.454 e. The van der Waals surface area contributed by atoms with Gasteiger partial charge in [-0.2, -0.15) is 0 Å². The number of nitrogens with zero attached hydrogens (tertiary/aromatic N) is 4. The normalized spacial score (nSPS) is 13.5. The summed E-state index contributed by atoms with van der Waals surface area (Å²) in [6, 6.07) is 12.7. The van der Waals surface area contributed by atoms with Gasteiger partial charge in [0.1, 0.15) is 0 Å². The Hall–Kier alpha value is -3.53. The van der Waals surface area contributed by atoms with Crippen molar-refractivity contribution in [2.75, 3.05) is 12.1 Å². The van der Waals surface area contributed by atoms with Crippen molar-refractivity contribution >= 4 is 40.0 Å². The summed E-state index contributed by atoms with van der Waals surface area (Å²) in [5.74, 6) is 1.58. The number of aryl methyl sites for hydroxylation is 1. The first kappa shape index (κ1) is 22.3. The van der Waals surface area contributed by atoms with Crippen molar-refractivity contribution in [1.82, 2.24) is 19.2 Å². The number of fused-ring (bicyclic) bond motifs is 4. The lowest BCUT2D eigenvalue weighted by atomic mass is 10.2. The molecular formula is C24H25N5O4S. The van der Waals surface area contributed by atoms with Gasteiger partial charge < -0.3 is 14.8 Å². The highest BCUT2D eigenvalue weighted by molar-refractivity contribution is 8.00. The van der Waals surface area contributed by atoms with E-state index in [4.69, 9.17) is 9.47 Å². The fourth-order valence-corrected chi connectivity index (χ4v) is 4.82. The van der Waals surface area contributed by atoms with Crippen molar-refractivity contribution in [2.24, 2.45) is 0 Å². The molecule has 1 aliphatic heterocycles. The van der Waals surface area contributed by atoms with Crippen molar-refractivity contribution in [3.8, 4) is 11.5 Å². The maximum absolute atomic E-state index is 13.2. The number of aromatic nitrogens is 4. The molecule has 0 spiro atoms. The van der Waals surface area contributed by atoms with Crippen molar-refractivity contribution in [1.29, 1.82) is 0 Å². The van der Waals surface area contributed by atoms with Crippen LogP contribution in [0, 0.1) is 0 Å². The van der Waals surface area contributed by atoms with Gasteiger partial charge in [-0.25, -0.2) is 0 Å². The molecule has 34 heavy (non-hydrogen) atoms. The molecule has 0 fully saturated rings. The molecule has 4 aromatic rings. The number of anilines is 1. The van der Waals surface area contributed by atoms with Crippen LogP contribution in [0.15, 0.2) is 52.4 Å². The van der Waals surface area contributed by atoms with E-state index in [9.17, 15) is 9.59 Å². The number of benzene rings is 2. The molecule has 1 aliphatic rings. The quantitative estimate of drug-likeness (QED) is 0.300. The van der Waals surface area contributed by atoms with Gasteiger partial charge >= 0.3 is 0 Å². The second-order valence-corrected chi connectivity index (χ2v) is 9.42. The van der Waals surface area contributed by atoms with Crippen LogP contribution in [0.2, 0.25) is 0 Å². The molecule has 2 aromatic carbocycles. The highest BCUT2D eigenvalue weighted by Crippen LogP contribution is 2.34. The fourth-order valence-electron chi connectivity index (χ4n) is 3.96. The standard InChI is InChI=1S/C24H25N5O4S/c1-3-4-7-12-28-22(31)17-8-5-6-9-18(17)29-23(28)26-27-24(29)34-15(2)21(30)25-16-10-11-19-20(13-16)33-14-32-19/h5-6,8-11,13,15H,3-4,7,12,14H2,1-2H3,(H,25,30). The van der Waals surface area contributed by atoms with Gasteiger partial charge in [-0.15, -0.1) is 10.2 Å². The second-order valence-electron chi connectivity index (χ2n) is 8.12. The smallest absolute Gasteiger partial charge is 0.262 e. The number of thioether (sulfide) groups is 1. The fraction of sp³-hybridized carbons (Fsp3) is 0.333. The molecule has 3 heterocycles. The topological polar surface area (TPSA) is 99.8 Å². The number of carbonyl (C=O) groups is 1. The molecule has 0 radical (unpaired) electrons. The molecule has 176 valence electrons. The summed E-state index contributed by atoms with van der Waals surface area (Å²) < 4.78 is 14.3. The summed E-state index contributed by atoms with van der Waals surface area (Å²) in [5.41, 5.74) is 1.28. The maximum atomic E-state index is 13.2. The first-order valence-corrected chi connectivity index (χ1v) is 12.2. The van der Waals surface area contributed by atoms with Gasteiger partial charge in [0, 0.05) is 18.3 Å². The highest BCUT2D eigenvalue weighted by atomic mass is 32.2. The number of ether oxygens (including phenoxy) is 2. The third-order valence-corrected chi connectivity index (χ3v) is 6.80. The van der Waals surface area contributed by atoms with Gasteiger partial charge in [0.05, 0.1) is 16.2 Å². The molecule has 0 saturated heterocycles. The molecule has 0 bridgehead atoms. The average molecular weight is 480 g/mol. The van der Waals surface area contributed by atoms with Crippen molar-refractivity contribution < 1.29 is 14.3 Å². The number of unbranched alkanes of at least 4 members (excludes halogenated alkanes) is 2. The molecule has 2 aromatic heterocycles. The number of rotatable bonds is 8. The Balaban J connectivity index is 1.44. The van der Waals surface area contributed by atoms with Crippen LogP contribution in [0.25, 0.3) is 16.7 Å². The first-order valence-electron chi connectivity index (χ1n) is 11.3. The van der Waals surface area contributed by atoms with Crippen molar-refractivity contribution in [3.63, 3.8) is 0 Å². The Bertz CT molecular complexity index is 1430. The minimum absolute atomic E-state index is 0.0725. The Morgan fingerprint density at radius 2 is 1.97 bits per heavy atom. The number of para-hydroxylation sites is 1. The van der Waals surface area contributed by atoms with Crippen LogP contribution >= 0.6 is 11.8 Å². The van der Waals surface area contributed by atoms with E-state index in [1.165, 1.54) is 11.8 Å².